The Morgan fingerprint density at radius 1 is 1.25 bits per heavy atom. The fourth-order valence-corrected chi connectivity index (χ4v) is 2.99. The van der Waals surface area contributed by atoms with Crippen LogP contribution in [0.4, 0.5) is 5.69 Å². The number of amidine groups is 1. The fraction of sp³-hybridized carbons (Fsp3) is 0.467. The van der Waals surface area contributed by atoms with Gasteiger partial charge < -0.3 is 10.0 Å². The first-order valence-electron chi connectivity index (χ1n) is 6.95. The van der Waals surface area contributed by atoms with Crippen LogP contribution in [0.2, 0.25) is 0 Å². The number of hydrogen-bond donors (Lipinski definition) is 1. The molecule has 1 heterocycles. The van der Waals surface area contributed by atoms with E-state index in [0.29, 0.717) is 0 Å². The molecule has 20 heavy (non-hydrogen) atoms. The number of nitrogens with zero attached hydrogens (tertiary/aromatic N) is 2. The summed E-state index contributed by atoms with van der Waals surface area (Å²) in [5.74, 6) is -0.798. The second kappa shape index (κ2) is 7.33. The van der Waals surface area contributed by atoms with Gasteiger partial charge >= 0.3 is 5.97 Å². The van der Waals surface area contributed by atoms with E-state index >= 15 is 0 Å². The molecule has 1 aliphatic rings. The monoisotopic (exact) mass is 292 g/mol. The third-order valence-electron chi connectivity index (χ3n) is 3.24. The van der Waals surface area contributed by atoms with Gasteiger partial charge in [0.25, 0.3) is 0 Å². The van der Waals surface area contributed by atoms with Crippen LogP contribution in [0, 0.1) is 0 Å². The largest absolute Gasteiger partial charge is 0.480 e. The number of carboxylic acids is 1. The van der Waals surface area contributed by atoms with E-state index in [1.165, 1.54) is 18.2 Å². The van der Waals surface area contributed by atoms with Crippen LogP contribution in [-0.4, -0.2) is 39.5 Å². The van der Waals surface area contributed by atoms with Crippen molar-refractivity contribution in [2.75, 3.05) is 13.1 Å². The standard InChI is InChI=1S/C15H20N2O2S/c1-12(14(18)19)20-15(17-10-6-3-7-11-17)16-13-8-4-2-5-9-13/h2,4-5,8-9,12H,3,6-7,10-11H2,1H3,(H,18,19)/t12-/m0/s1. The predicted molar refractivity (Wildman–Crippen MR) is 83.6 cm³/mol. The summed E-state index contributed by atoms with van der Waals surface area (Å²) in [4.78, 5) is 17.9. The first-order valence-corrected chi connectivity index (χ1v) is 7.83. The molecule has 1 saturated heterocycles. The zero-order chi connectivity index (χ0) is 14.4. The number of aliphatic carboxylic acids is 1. The third kappa shape index (κ3) is 4.27. The van der Waals surface area contributed by atoms with Crippen LogP contribution in [0.25, 0.3) is 0 Å². The maximum absolute atomic E-state index is 11.1. The average molecular weight is 292 g/mol. The fourth-order valence-electron chi connectivity index (χ4n) is 2.08. The van der Waals surface area contributed by atoms with Gasteiger partial charge in [0.2, 0.25) is 0 Å². The molecule has 1 atom stereocenters. The van der Waals surface area contributed by atoms with Crippen LogP contribution >= 0.6 is 11.8 Å². The highest BCUT2D eigenvalue weighted by atomic mass is 32.2. The van der Waals surface area contributed by atoms with E-state index in [1.54, 1.807) is 6.92 Å². The van der Waals surface area contributed by atoms with Crippen LogP contribution in [0.1, 0.15) is 26.2 Å². The number of thioether (sulfide) groups is 1. The van der Waals surface area contributed by atoms with Gasteiger partial charge in [-0.2, -0.15) is 0 Å². The van der Waals surface area contributed by atoms with E-state index in [4.69, 9.17) is 5.11 Å². The van der Waals surface area contributed by atoms with Gasteiger partial charge in [0, 0.05) is 13.1 Å². The van der Waals surface area contributed by atoms with Crippen molar-refractivity contribution >= 4 is 28.6 Å². The molecule has 1 aliphatic heterocycles. The highest BCUT2D eigenvalue weighted by Crippen LogP contribution is 2.23. The molecule has 0 unspecified atom stereocenters. The molecule has 1 N–H and O–H groups in total. The van der Waals surface area contributed by atoms with E-state index in [1.807, 2.05) is 30.3 Å². The molecule has 2 rings (SSSR count). The summed E-state index contributed by atoms with van der Waals surface area (Å²) >= 11 is 1.33. The summed E-state index contributed by atoms with van der Waals surface area (Å²) in [5, 5.41) is 9.44. The van der Waals surface area contributed by atoms with E-state index in [2.05, 4.69) is 9.89 Å². The Morgan fingerprint density at radius 2 is 1.90 bits per heavy atom. The quantitative estimate of drug-likeness (QED) is 0.685. The predicted octanol–water partition coefficient (Wildman–Crippen LogP) is 3.37. The van der Waals surface area contributed by atoms with Gasteiger partial charge in [0.1, 0.15) is 5.25 Å². The van der Waals surface area contributed by atoms with Crippen molar-refractivity contribution in [2.24, 2.45) is 4.99 Å². The molecule has 0 radical (unpaired) electrons. The lowest BCUT2D eigenvalue weighted by Crippen LogP contribution is -2.35. The second-order valence-electron chi connectivity index (χ2n) is 4.88. The number of benzene rings is 1. The summed E-state index contributed by atoms with van der Waals surface area (Å²) < 4.78 is 0. The molecule has 0 aliphatic carbocycles. The molecule has 1 aromatic carbocycles. The Bertz CT molecular complexity index is 470. The Hall–Kier alpha value is -1.49. The Labute approximate surface area is 123 Å². The smallest absolute Gasteiger partial charge is 0.316 e. The number of aliphatic imine (C=N–C) groups is 1. The van der Waals surface area contributed by atoms with Gasteiger partial charge in [-0.1, -0.05) is 30.0 Å². The number of piperidine rings is 1. The molecule has 0 saturated carbocycles. The van der Waals surface area contributed by atoms with Gasteiger partial charge in [0.05, 0.1) is 5.69 Å². The molecular weight excluding hydrogens is 272 g/mol. The van der Waals surface area contributed by atoms with Gasteiger partial charge in [-0.15, -0.1) is 0 Å². The number of carboxylic acid groups (broad SMARTS) is 1. The lowest BCUT2D eigenvalue weighted by Gasteiger charge is -2.30. The maximum atomic E-state index is 11.1. The van der Waals surface area contributed by atoms with Crippen LogP contribution in [-0.2, 0) is 4.79 Å². The summed E-state index contributed by atoms with van der Waals surface area (Å²) in [6.07, 6.45) is 3.54. The maximum Gasteiger partial charge on any atom is 0.316 e. The number of carbonyl (C=O) groups is 1. The van der Waals surface area contributed by atoms with Crippen LogP contribution in [0.15, 0.2) is 35.3 Å². The van der Waals surface area contributed by atoms with Crippen LogP contribution in [0.3, 0.4) is 0 Å². The molecule has 1 aromatic rings. The summed E-state index contributed by atoms with van der Waals surface area (Å²) in [7, 11) is 0. The van der Waals surface area contributed by atoms with Crippen molar-refractivity contribution in [3.8, 4) is 0 Å². The molecule has 4 nitrogen and oxygen atoms in total. The molecule has 0 aromatic heterocycles. The average Bonchev–Trinajstić information content (AvgIpc) is 2.48. The Kier molecular flexibility index (Phi) is 5.47. The van der Waals surface area contributed by atoms with E-state index in [-0.39, 0.29) is 0 Å². The molecule has 5 heteroatoms. The molecule has 0 amide bonds. The normalized spacial score (nSPS) is 17.9. The van der Waals surface area contributed by atoms with E-state index in [0.717, 1.165) is 36.8 Å². The van der Waals surface area contributed by atoms with E-state index < -0.39 is 11.2 Å². The Morgan fingerprint density at radius 3 is 2.50 bits per heavy atom. The first kappa shape index (κ1) is 14.9. The molecule has 108 valence electrons. The molecular formula is C15H20N2O2S. The highest BCUT2D eigenvalue weighted by molar-refractivity contribution is 8.14. The SMILES string of the molecule is C[C@H](SC(=Nc1ccccc1)N1CCCCC1)C(=O)O. The van der Waals surface area contributed by atoms with E-state index in [9.17, 15) is 4.79 Å². The zero-order valence-corrected chi connectivity index (χ0v) is 12.5. The lowest BCUT2D eigenvalue weighted by molar-refractivity contribution is -0.136. The van der Waals surface area contributed by atoms with Crippen molar-refractivity contribution in [1.29, 1.82) is 0 Å². The van der Waals surface area contributed by atoms with Crippen molar-refractivity contribution in [1.82, 2.24) is 4.90 Å². The molecule has 0 bridgehead atoms. The topological polar surface area (TPSA) is 52.9 Å². The second-order valence-corrected chi connectivity index (χ2v) is 6.18. The van der Waals surface area contributed by atoms with Crippen molar-refractivity contribution in [3.63, 3.8) is 0 Å². The minimum atomic E-state index is -0.798. The van der Waals surface area contributed by atoms with Crippen LogP contribution in [0.5, 0.6) is 0 Å². The van der Waals surface area contributed by atoms with Gasteiger partial charge in [-0.3, -0.25) is 4.79 Å². The van der Waals surface area contributed by atoms with Crippen molar-refractivity contribution < 1.29 is 9.90 Å². The lowest BCUT2D eigenvalue weighted by atomic mass is 10.1. The zero-order valence-electron chi connectivity index (χ0n) is 11.7. The minimum absolute atomic E-state index is 0.487. The van der Waals surface area contributed by atoms with Gasteiger partial charge in [-0.25, -0.2) is 4.99 Å². The number of likely N-dealkylation sites (tertiary alicyclic amines) is 1. The number of para-hydroxylation sites is 1. The minimum Gasteiger partial charge on any atom is -0.480 e. The summed E-state index contributed by atoms with van der Waals surface area (Å²) in [5.41, 5.74) is 0.873. The van der Waals surface area contributed by atoms with Crippen LogP contribution < -0.4 is 0 Å². The third-order valence-corrected chi connectivity index (χ3v) is 4.35. The van der Waals surface area contributed by atoms with Gasteiger partial charge in [0.15, 0.2) is 5.17 Å². The first-order chi connectivity index (χ1) is 9.66. The molecule has 0 spiro atoms. The van der Waals surface area contributed by atoms with Gasteiger partial charge in [-0.05, 0) is 38.3 Å². The summed E-state index contributed by atoms with van der Waals surface area (Å²) in [6.45, 7) is 3.63. The van der Waals surface area contributed by atoms with Crippen molar-refractivity contribution in [2.45, 2.75) is 31.4 Å². The Balaban J connectivity index is 2.18. The number of hydrogen-bond acceptors (Lipinski definition) is 3. The van der Waals surface area contributed by atoms with Crippen molar-refractivity contribution in [3.05, 3.63) is 30.3 Å². The highest BCUT2D eigenvalue weighted by Gasteiger charge is 2.21. The number of rotatable bonds is 3. The summed E-state index contributed by atoms with van der Waals surface area (Å²) in [6, 6.07) is 9.72. The molecule has 1 fully saturated rings.